The summed E-state index contributed by atoms with van der Waals surface area (Å²) >= 11 is 0. The van der Waals surface area contributed by atoms with E-state index in [-0.39, 0.29) is 5.57 Å². The Morgan fingerprint density at radius 1 is 1.04 bits per heavy atom. The van der Waals surface area contributed by atoms with Crippen LogP contribution in [0.5, 0.6) is 5.75 Å². The SMILES string of the molecule is C=CCOc1ccc(/C=C2\C(=O)NC(=O)N(c3cc(C)cc(C)c3)C2=O)cc1. The molecule has 28 heavy (non-hydrogen) atoms. The monoisotopic (exact) mass is 376 g/mol. The van der Waals surface area contributed by atoms with Gasteiger partial charge in [-0.2, -0.15) is 0 Å². The third-order valence-corrected chi connectivity index (χ3v) is 4.13. The van der Waals surface area contributed by atoms with Crippen LogP contribution >= 0.6 is 0 Å². The van der Waals surface area contributed by atoms with E-state index in [1.807, 2.05) is 19.9 Å². The van der Waals surface area contributed by atoms with Crippen LogP contribution in [0.1, 0.15) is 16.7 Å². The number of nitrogens with one attached hydrogen (secondary N) is 1. The quantitative estimate of drug-likeness (QED) is 0.492. The first-order valence-electron chi connectivity index (χ1n) is 8.72. The lowest BCUT2D eigenvalue weighted by Gasteiger charge is -2.27. The molecule has 1 fully saturated rings. The van der Waals surface area contributed by atoms with E-state index in [2.05, 4.69) is 11.9 Å². The fraction of sp³-hybridized carbons (Fsp3) is 0.136. The maximum atomic E-state index is 12.9. The first-order chi connectivity index (χ1) is 13.4. The minimum Gasteiger partial charge on any atom is -0.490 e. The van der Waals surface area contributed by atoms with Crippen molar-refractivity contribution < 1.29 is 19.1 Å². The van der Waals surface area contributed by atoms with Gasteiger partial charge in [-0.1, -0.05) is 30.9 Å². The highest BCUT2D eigenvalue weighted by atomic mass is 16.5. The molecule has 0 aliphatic carbocycles. The van der Waals surface area contributed by atoms with Crippen molar-refractivity contribution in [1.82, 2.24) is 5.32 Å². The molecule has 0 atom stereocenters. The van der Waals surface area contributed by atoms with Crippen molar-refractivity contribution in [2.45, 2.75) is 13.8 Å². The summed E-state index contributed by atoms with van der Waals surface area (Å²) in [5.74, 6) is -0.734. The van der Waals surface area contributed by atoms with Gasteiger partial charge < -0.3 is 4.74 Å². The molecule has 1 N–H and O–H groups in total. The van der Waals surface area contributed by atoms with Gasteiger partial charge in [-0.15, -0.1) is 0 Å². The minimum atomic E-state index is -0.759. The first-order valence-corrected chi connectivity index (χ1v) is 8.72. The second-order valence-electron chi connectivity index (χ2n) is 6.47. The van der Waals surface area contributed by atoms with Crippen LogP contribution in [0.25, 0.3) is 6.08 Å². The molecule has 0 unspecified atom stereocenters. The smallest absolute Gasteiger partial charge is 0.335 e. The van der Waals surface area contributed by atoms with E-state index >= 15 is 0 Å². The van der Waals surface area contributed by atoms with E-state index in [9.17, 15) is 14.4 Å². The van der Waals surface area contributed by atoms with E-state index in [1.54, 1.807) is 42.5 Å². The van der Waals surface area contributed by atoms with Gasteiger partial charge in [0, 0.05) is 0 Å². The molecule has 1 saturated heterocycles. The molecule has 6 nitrogen and oxygen atoms in total. The Hall–Kier alpha value is -3.67. The van der Waals surface area contributed by atoms with Crippen molar-refractivity contribution in [3.8, 4) is 5.75 Å². The van der Waals surface area contributed by atoms with Crippen LogP contribution in [0.3, 0.4) is 0 Å². The van der Waals surface area contributed by atoms with Gasteiger partial charge >= 0.3 is 6.03 Å². The van der Waals surface area contributed by atoms with Gasteiger partial charge in [0.2, 0.25) is 0 Å². The molecule has 1 heterocycles. The first kappa shape index (κ1) is 19.1. The second kappa shape index (κ2) is 7.92. The van der Waals surface area contributed by atoms with Gasteiger partial charge in [0.25, 0.3) is 11.8 Å². The highest BCUT2D eigenvalue weighted by Crippen LogP contribution is 2.24. The summed E-state index contributed by atoms with van der Waals surface area (Å²) < 4.78 is 5.42. The lowest BCUT2D eigenvalue weighted by atomic mass is 10.1. The van der Waals surface area contributed by atoms with Crippen molar-refractivity contribution in [1.29, 1.82) is 0 Å². The van der Waals surface area contributed by atoms with Crippen molar-refractivity contribution in [3.05, 3.63) is 77.4 Å². The largest absolute Gasteiger partial charge is 0.490 e. The average molecular weight is 376 g/mol. The molecule has 0 radical (unpaired) electrons. The van der Waals surface area contributed by atoms with Gasteiger partial charge in [0.15, 0.2) is 0 Å². The molecule has 2 aromatic rings. The Labute approximate surface area is 163 Å². The molecule has 0 spiro atoms. The Bertz CT molecular complexity index is 970. The third kappa shape index (κ3) is 4.01. The predicted molar refractivity (Wildman–Crippen MR) is 107 cm³/mol. The lowest BCUT2D eigenvalue weighted by molar-refractivity contribution is -0.122. The normalized spacial score (nSPS) is 15.6. The Kier molecular flexibility index (Phi) is 5.40. The summed E-state index contributed by atoms with van der Waals surface area (Å²) in [6.45, 7) is 7.72. The number of benzene rings is 2. The highest BCUT2D eigenvalue weighted by molar-refractivity contribution is 6.39. The number of amides is 4. The van der Waals surface area contributed by atoms with Crippen LogP contribution in [-0.4, -0.2) is 24.5 Å². The molecular formula is C22H20N2O4. The topological polar surface area (TPSA) is 75.7 Å². The Morgan fingerprint density at radius 2 is 1.68 bits per heavy atom. The van der Waals surface area contributed by atoms with Crippen LogP contribution in [-0.2, 0) is 9.59 Å². The predicted octanol–water partition coefficient (Wildman–Crippen LogP) is 3.53. The van der Waals surface area contributed by atoms with Crippen LogP contribution in [0, 0.1) is 13.8 Å². The molecule has 2 aromatic carbocycles. The average Bonchev–Trinajstić information content (AvgIpc) is 2.63. The third-order valence-electron chi connectivity index (χ3n) is 4.13. The number of hydrogen-bond acceptors (Lipinski definition) is 4. The van der Waals surface area contributed by atoms with Crippen LogP contribution in [0.4, 0.5) is 10.5 Å². The maximum absolute atomic E-state index is 12.9. The van der Waals surface area contributed by atoms with Gasteiger partial charge in [0.1, 0.15) is 17.9 Å². The summed E-state index contributed by atoms with van der Waals surface area (Å²) in [7, 11) is 0. The molecule has 142 valence electrons. The summed E-state index contributed by atoms with van der Waals surface area (Å²) in [6, 6.07) is 11.5. The number of anilines is 1. The summed E-state index contributed by atoms with van der Waals surface area (Å²) in [6.07, 6.45) is 3.09. The van der Waals surface area contributed by atoms with Crippen molar-refractivity contribution in [2.24, 2.45) is 0 Å². The summed E-state index contributed by atoms with van der Waals surface area (Å²) in [5, 5.41) is 2.23. The summed E-state index contributed by atoms with van der Waals surface area (Å²) in [4.78, 5) is 38.5. The van der Waals surface area contributed by atoms with E-state index in [1.165, 1.54) is 6.08 Å². The molecule has 0 bridgehead atoms. The number of hydrogen-bond donors (Lipinski definition) is 1. The Balaban J connectivity index is 1.93. The molecule has 6 heteroatoms. The van der Waals surface area contributed by atoms with E-state index in [0.29, 0.717) is 23.6 Å². The fourth-order valence-corrected chi connectivity index (χ4v) is 2.95. The van der Waals surface area contributed by atoms with Gasteiger partial charge in [0.05, 0.1) is 5.69 Å². The molecule has 1 aliphatic rings. The highest BCUT2D eigenvalue weighted by Gasteiger charge is 2.36. The fourth-order valence-electron chi connectivity index (χ4n) is 2.95. The maximum Gasteiger partial charge on any atom is 0.335 e. The number of rotatable bonds is 5. The number of nitrogens with zero attached hydrogens (tertiary/aromatic N) is 1. The number of carbonyl (C=O) groups is 3. The number of carbonyl (C=O) groups excluding carboxylic acids is 3. The van der Waals surface area contributed by atoms with Gasteiger partial charge in [-0.05, 0) is 60.9 Å². The minimum absolute atomic E-state index is 0.112. The molecule has 4 amide bonds. The molecule has 3 rings (SSSR count). The summed E-state index contributed by atoms with van der Waals surface area (Å²) in [5.41, 5.74) is 2.77. The molecule has 0 aromatic heterocycles. The second-order valence-corrected chi connectivity index (χ2v) is 6.47. The lowest BCUT2D eigenvalue weighted by Crippen LogP contribution is -2.54. The van der Waals surface area contributed by atoms with Crippen LogP contribution in [0.15, 0.2) is 60.7 Å². The van der Waals surface area contributed by atoms with E-state index < -0.39 is 17.8 Å². The zero-order valence-corrected chi connectivity index (χ0v) is 15.7. The number of barbiturate groups is 1. The molecule has 1 aliphatic heterocycles. The van der Waals surface area contributed by atoms with E-state index in [0.717, 1.165) is 16.0 Å². The van der Waals surface area contributed by atoms with Crippen molar-refractivity contribution in [2.75, 3.05) is 11.5 Å². The van der Waals surface area contributed by atoms with Crippen molar-refractivity contribution in [3.63, 3.8) is 0 Å². The number of imide groups is 2. The standard InChI is InChI=1S/C22H20N2O4/c1-4-9-28-18-7-5-16(6-8-18)13-19-20(25)23-22(27)24(21(19)26)17-11-14(2)10-15(3)12-17/h4-8,10-13H,1,9H2,2-3H3,(H,23,25,27)/b19-13+. The van der Waals surface area contributed by atoms with E-state index in [4.69, 9.17) is 4.74 Å². The molecule has 0 saturated carbocycles. The zero-order chi connectivity index (χ0) is 20.3. The molecular weight excluding hydrogens is 356 g/mol. The van der Waals surface area contributed by atoms with Gasteiger partial charge in [-0.3, -0.25) is 14.9 Å². The van der Waals surface area contributed by atoms with Crippen LogP contribution in [0.2, 0.25) is 0 Å². The number of aryl methyl sites for hydroxylation is 2. The number of ether oxygens (including phenoxy) is 1. The Morgan fingerprint density at radius 3 is 2.29 bits per heavy atom. The van der Waals surface area contributed by atoms with Crippen molar-refractivity contribution >= 4 is 29.6 Å². The van der Waals surface area contributed by atoms with Gasteiger partial charge in [-0.25, -0.2) is 9.69 Å². The van der Waals surface area contributed by atoms with Crippen LogP contribution < -0.4 is 15.0 Å². The number of urea groups is 1. The zero-order valence-electron chi connectivity index (χ0n) is 15.7.